The molecule has 15 heteroatoms. The number of pyridine rings is 1. The topological polar surface area (TPSA) is 110 Å². The van der Waals surface area contributed by atoms with Crippen molar-refractivity contribution in [3.8, 4) is 11.8 Å². The lowest BCUT2D eigenvalue weighted by molar-refractivity contribution is 0.0684. The second-order valence-electron chi connectivity index (χ2n) is 11.6. The lowest BCUT2D eigenvalue weighted by atomic mass is 9.95. The molecular formula is C32H28Cl3F2N5O4S. The Labute approximate surface area is 288 Å². The van der Waals surface area contributed by atoms with Crippen molar-refractivity contribution in [2.45, 2.75) is 66.4 Å². The molecule has 6 rings (SSSR count). The number of aromatic nitrogens is 1. The smallest absolute Gasteiger partial charge is 0.362 e. The lowest BCUT2D eigenvalue weighted by Crippen LogP contribution is -2.50. The van der Waals surface area contributed by atoms with Gasteiger partial charge in [0, 0.05) is 35.5 Å². The van der Waals surface area contributed by atoms with Gasteiger partial charge < -0.3 is 19.5 Å². The van der Waals surface area contributed by atoms with E-state index in [9.17, 15) is 28.4 Å². The minimum Gasteiger partial charge on any atom is -0.494 e. The molecule has 1 saturated carbocycles. The highest BCUT2D eigenvalue weighted by Gasteiger charge is 2.42. The van der Waals surface area contributed by atoms with Crippen LogP contribution < -0.4 is 15.2 Å². The Bertz CT molecular complexity index is 1870. The number of ether oxygens (including phenoxy) is 1. The van der Waals surface area contributed by atoms with Gasteiger partial charge in [-0.2, -0.15) is 14.0 Å². The number of fused-ring (bicyclic) bond motifs is 1. The number of anilines is 1. The number of nitrogens with zero attached hydrogens (tertiary/aromatic N) is 4. The van der Waals surface area contributed by atoms with Gasteiger partial charge in [0.1, 0.15) is 17.0 Å². The van der Waals surface area contributed by atoms with Crippen molar-refractivity contribution in [1.82, 2.24) is 14.8 Å². The van der Waals surface area contributed by atoms with E-state index >= 15 is 0 Å². The van der Waals surface area contributed by atoms with Crippen LogP contribution in [0.2, 0.25) is 10.0 Å². The Morgan fingerprint density at radius 2 is 1.89 bits per heavy atom. The monoisotopic (exact) mass is 721 g/mol. The number of rotatable bonds is 8. The van der Waals surface area contributed by atoms with Gasteiger partial charge in [0.2, 0.25) is 0 Å². The molecule has 0 spiro atoms. The first-order valence-electron chi connectivity index (χ1n) is 14.8. The Morgan fingerprint density at radius 3 is 2.51 bits per heavy atom. The number of urea groups is 1. The highest BCUT2D eigenvalue weighted by Crippen LogP contribution is 2.48. The van der Waals surface area contributed by atoms with Crippen LogP contribution in [0, 0.1) is 18.3 Å². The standard InChI is InChI=1S/C32H28Cl3F2N5O4S/c1-16-25-17(13-22(27(16)46-2)41-12-4-11-40(31(41)45)18-7-8-18)15-42(21(25)9-10-38)30(44)26-23(14-24(32(35,36)37)39-29(26)43)47-28-19(33)5-3-6-20(28)34/h3,5-6,13-14,18,21H,4,7-9,11-12,15H2,1-2H3,(H,39,43). The predicted molar refractivity (Wildman–Crippen MR) is 175 cm³/mol. The van der Waals surface area contributed by atoms with Crippen molar-refractivity contribution in [3.05, 3.63) is 78.7 Å². The molecule has 3 aliphatic rings. The molecule has 3 amide bonds. The number of halogens is 5. The molecule has 9 nitrogen and oxygen atoms in total. The normalized spacial score (nSPS) is 18.0. The Hall–Kier alpha value is -3.50. The van der Waals surface area contributed by atoms with Crippen LogP contribution in [-0.4, -0.2) is 53.0 Å². The van der Waals surface area contributed by atoms with Gasteiger partial charge >= 0.3 is 11.4 Å². The van der Waals surface area contributed by atoms with Crippen molar-refractivity contribution >= 4 is 64.2 Å². The van der Waals surface area contributed by atoms with Crippen LogP contribution in [0.3, 0.4) is 0 Å². The summed E-state index contributed by atoms with van der Waals surface area (Å²) in [4.78, 5) is 48.5. The second kappa shape index (κ2) is 12.8. The molecule has 47 heavy (non-hydrogen) atoms. The molecule has 2 aromatic carbocycles. The van der Waals surface area contributed by atoms with E-state index in [0.29, 0.717) is 41.2 Å². The van der Waals surface area contributed by atoms with Crippen LogP contribution in [0.1, 0.15) is 64.5 Å². The van der Waals surface area contributed by atoms with Crippen molar-refractivity contribution in [3.63, 3.8) is 0 Å². The minimum absolute atomic E-state index is 0.0173. The van der Waals surface area contributed by atoms with Gasteiger partial charge in [0.25, 0.3) is 11.5 Å². The summed E-state index contributed by atoms with van der Waals surface area (Å²) in [5.74, 6) is -0.352. The molecule has 3 heterocycles. The maximum Gasteiger partial charge on any atom is 0.362 e. The highest BCUT2D eigenvalue weighted by molar-refractivity contribution is 7.99. The number of aromatic amines is 1. The fraction of sp³-hybridized carbons (Fsp3) is 0.375. The summed E-state index contributed by atoms with van der Waals surface area (Å²) in [6.07, 6.45) is 2.59. The zero-order valence-corrected chi connectivity index (χ0v) is 28.3. The second-order valence-corrected chi connectivity index (χ2v) is 13.9. The first-order valence-corrected chi connectivity index (χ1v) is 16.7. The van der Waals surface area contributed by atoms with Gasteiger partial charge in [-0.1, -0.05) is 41.0 Å². The van der Waals surface area contributed by atoms with Crippen molar-refractivity contribution in [2.75, 3.05) is 25.1 Å². The fourth-order valence-corrected chi connectivity index (χ4v) is 8.12. The number of methoxy groups -OCH3 is 1. The Morgan fingerprint density at radius 1 is 1.19 bits per heavy atom. The summed E-state index contributed by atoms with van der Waals surface area (Å²) >= 11 is 18.8. The van der Waals surface area contributed by atoms with Crippen molar-refractivity contribution in [2.24, 2.45) is 0 Å². The largest absolute Gasteiger partial charge is 0.494 e. The van der Waals surface area contributed by atoms with Gasteiger partial charge in [-0.05, 0) is 78.7 Å². The molecule has 1 aliphatic carbocycles. The minimum atomic E-state index is -3.95. The van der Waals surface area contributed by atoms with Crippen molar-refractivity contribution < 1.29 is 23.1 Å². The maximum absolute atomic E-state index is 14.4. The Kier molecular flexibility index (Phi) is 9.13. The average Bonchev–Trinajstić information content (AvgIpc) is 3.79. The number of benzene rings is 2. The van der Waals surface area contributed by atoms with E-state index in [4.69, 9.17) is 39.5 Å². The van der Waals surface area contributed by atoms with E-state index in [0.717, 1.165) is 37.1 Å². The number of carbonyl (C=O) groups is 2. The number of H-pyrrole nitrogens is 1. The molecule has 1 N–H and O–H groups in total. The van der Waals surface area contributed by atoms with Crippen molar-refractivity contribution in [1.29, 1.82) is 5.26 Å². The van der Waals surface area contributed by atoms with Crippen LogP contribution in [-0.2, 0) is 11.9 Å². The molecule has 246 valence electrons. The average molecular weight is 723 g/mol. The number of hydrogen-bond acceptors (Lipinski definition) is 6. The summed E-state index contributed by atoms with van der Waals surface area (Å²) in [6, 6.07) is 8.83. The number of nitriles is 1. The summed E-state index contributed by atoms with van der Waals surface area (Å²) in [5, 5.41) is 6.25. The van der Waals surface area contributed by atoms with E-state index in [1.807, 2.05) is 4.90 Å². The number of carbonyl (C=O) groups excluding carboxylic acids is 2. The van der Waals surface area contributed by atoms with E-state index in [1.54, 1.807) is 24.0 Å². The first-order chi connectivity index (χ1) is 22.3. The SMILES string of the molecule is COc1c(N2CCCN(C3CC3)C2=O)cc2c(c1C)C(CC#N)N(C(=O)c1c(Sc3c(Cl)cccc3Cl)cc(C(F)(F)Cl)[nH]c1=O)C2. The third-order valence-electron chi connectivity index (χ3n) is 8.62. The van der Waals surface area contributed by atoms with E-state index in [2.05, 4.69) is 11.1 Å². The number of nitrogens with one attached hydrogen (secondary N) is 1. The van der Waals surface area contributed by atoms with Gasteiger partial charge in [-0.3, -0.25) is 14.5 Å². The van der Waals surface area contributed by atoms with Crippen LogP contribution in [0.15, 0.2) is 44.9 Å². The summed E-state index contributed by atoms with van der Waals surface area (Å²) in [5.41, 5.74) is 0.0818. The van der Waals surface area contributed by atoms with Crippen LogP contribution in [0.25, 0.3) is 0 Å². The molecular weight excluding hydrogens is 695 g/mol. The van der Waals surface area contributed by atoms with Crippen LogP contribution >= 0.6 is 46.6 Å². The maximum atomic E-state index is 14.4. The van der Waals surface area contributed by atoms with E-state index in [1.165, 1.54) is 24.1 Å². The van der Waals surface area contributed by atoms with E-state index < -0.39 is 34.1 Å². The first kappa shape index (κ1) is 33.4. The van der Waals surface area contributed by atoms with E-state index in [-0.39, 0.29) is 44.9 Å². The third-order valence-corrected chi connectivity index (χ3v) is 10.9. The molecule has 3 aromatic rings. The zero-order chi connectivity index (χ0) is 33.8. The number of alkyl halides is 3. The van der Waals surface area contributed by atoms with Gasteiger partial charge in [-0.25, -0.2) is 4.79 Å². The molecule has 2 aliphatic heterocycles. The molecule has 1 atom stereocenters. The summed E-state index contributed by atoms with van der Waals surface area (Å²) < 4.78 is 34.3. The number of amides is 3. The lowest BCUT2D eigenvalue weighted by Gasteiger charge is -2.37. The molecule has 2 fully saturated rings. The van der Waals surface area contributed by atoms with Gasteiger partial charge in [0.05, 0.1) is 41.4 Å². The molecule has 0 bridgehead atoms. The molecule has 1 aromatic heterocycles. The number of hydrogen-bond donors (Lipinski definition) is 1. The molecule has 1 saturated heterocycles. The predicted octanol–water partition coefficient (Wildman–Crippen LogP) is 7.84. The molecule has 0 radical (unpaired) electrons. The zero-order valence-electron chi connectivity index (χ0n) is 25.2. The third kappa shape index (κ3) is 6.15. The van der Waals surface area contributed by atoms with Crippen LogP contribution in [0.4, 0.5) is 19.3 Å². The van der Waals surface area contributed by atoms with Gasteiger partial charge in [0.15, 0.2) is 0 Å². The highest BCUT2D eigenvalue weighted by atomic mass is 35.5. The fourth-order valence-electron chi connectivity index (χ4n) is 6.38. The van der Waals surface area contributed by atoms with Gasteiger partial charge in [-0.15, -0.1) is 0 Å². The Balaban J connectivity index is 1.44. The quantitative estimate of drug-likeness (QED) is 0.237. The summed E-state index contributed by atoms with van der Waals surface area (Å²) in [7, 11) is 1.50. The summed E-state index contributed by atoms with van der Waals surface area (Å²) in [6.45, 7) is 2.95. The molecule has 1 unspecified atom stereocenters. The van der Waals surface area contributed by atoms with Crippen LogP contribution in [0.5, 0.6) is 5.75 Å².